The molecule has 0 bridgehead atoms. The second kappa shape index (κ2) is 2.20. The monoisotopic (exact) mass is 149 g/mol. The van der Waals surface area contributed by atoms with Crippen molar-refractivity contribution in [2.45, 2.75) is 19.9 Å². The predicted octanol–water partition coefficient (Wildman–Crippen LogP) is 1.38. The average Bonchev–Trinajstić information content (AvgIpc) is 2.32. The minimum absolute atomic E-state index is 0.373. The Morgan fingerprint density at radius 1 is 1.45 bits per heavy atom. The summed E-state index contributed by atoms with van der Waals surface area (Å²) in [6.07, 6.45) is 0. The van der Waals surface area contributed by atoms with Gasteiger partial charge in [0.25, 0.3) is 0 Å². The molecule has 1 unspecified atom stereocenters. The van der Waals surface area contributed by atoms with Crippen LogP contribution in [0.25, 0.3) is 0 Å². The van der Waals surface area contributed by atoms with E-state index in [-0.39, 0.29) is 0 Å². The van der Waals surface area contributed by atoms with E-state index in [9.17, 15) is 0 Å². The van der Waals surface area contributed by atoms with Crippen LogP contribution >= 0.6 is 0 Å². The van der Waals surface area contributed by atoms with E-state index in [1.807, 2.05) is 13.0 Å². The zero-order valence-corrected chi connectivity index (χ0v) is 6.68. The Balaban J connectivity index is 2.50. The first kappa shape index (κ1) is 6.61. The lowest BCUT2D eigenvalue weighted by molar-refractivity contribution is 0.687. The van der Waals surface area contributed by atoms with Crippen LogP contribution in [0.3, 0.4) is 0 Å². The van der Waals surface area contributed by atoms with Crippen molar-refractivity contribution < 1.29 is 0 Å². The quantitative estimate of drug-likeness (QED) is 0.585. The fourth-order valence-electron chi connectivity index (χ4n) is 1.27. The number of aromatic nitrogens is 1. The third-order valence-electron chi connectivity index (χ3n) is 1.94. The Morgan fingerprint density at radius 3 is 3.09 bits per heavy atom. The van der Waals surface area contributed by atoms with Crippen molar-refractivity contribution in [3.8, 4) is 0 Å². The van der Waals surface area contributed by atoms with Crippen LogP contribution < -0.4 is 10.9 Å². The maximum Gasteiger partial charge on any atom is 0.145 e. The first-order chi connectivity index (χ1) is 5.27. The largest absolute Gasteiger partial charge is 0.305 e. The molecule has 0 aliphatic carbocycles. The van der Waals surface area contributed by atoms with Gasteiger partial charge in [-0.2, -0.15) is 0 Å². The summed E-state index contributed by atoms with van der Waals surface area (Å²) in [5, 5.41) is 0. The number of pyridine rings is 1. The molecule has 0 fully saturated rings. The van der Waals surface area contributed by atoms with Crippen molar-refractivity contribution in [3.63, 3.8) is 0 Å². The summed E-state index contributed by atoms with van der Waals surface area (Å²) in [6.45, 7) is 4.10. The molecule has 11 heavy (non-hydrogen) atoms. The smallest absolute Gasteiger partial charge is 0.145 e. The number of nitrogens with zero attached hydrogens (tertiary/aromatic N) is 1. The van der Waals surface area contributed by atoms with Gasteiger partial charge in [-0.25, -0.2) is 10.4 Å². The highest BCUT2D eigenvalue weighted by Gasteiger charge is 2.17. The Bertz CT molecular complexity index is 283. The van der Waals surface area contributed by atoms with E-state index in [2.05, 4.69) is 28.8 Å². The molecular formula is C8H11N3. The van der Waals surface area contributed by atoms with Gasteiger partial charge < -0.3 is 5.43 Å². The summed E-state index contributed by atoms with van der Waals surface area (Å²) in [4.78, 5) is 4.33. The number of hydrazine groups is 1. The van der Waals surface area contributed by atoms with Gasteiger partial charge in [-0.3, -0.25) is 0 Å². The zero-order chi connectivity index (χ0) is 7.84. The number of fused-ring (bicyclic) bond motifs is 1. The van der Waals surface area contributed by atoms with E-state index in [4.69, 9.17) is 0 Å². The molecule has 3 nitrogen and oxygen atoms in total. The predicted molar refractivity (Wildman–Crippen MR) is 44.1 cm³/mol. The maximum atomic E-state index is 4.33. The van der Waals surface area contributed by atoms with E-state index in [0.29, 0.717) is 6.04 Å². The van der Waals surface area contributed by atoms with Crippen LogP contribution in [0.15, 0.2) is 12.1 Å². The molecule has 0 saturated carbocycles. The van der Waals surface area contributed by atoms with Crippen LogP contribution in [-0.4, -0.2) is 4.98 Å². The molecule has 1 aromatic heterocycles. The van der Waals surface area contributed by atoms with Crippen LogP contribution in [-0.2, 0) is 0 Å². The van der Waals surface area contributed by atoms with Crippen molar-refractivity contribution in [2.75, 3.05) is 5.43 Å². The van der Waals surface area contributed by atoms with Gasteiger partial charge in [-0.15, -0.1) is 0 Å². The highest BCUT2D eigenvalue weighted by Crippen LogP contribution is 2.25. The first-order valence-electron chi connectivity index (χ1n) is 3.76. The fraction of sp³-hybridized carbons (Fsp3) is 0.375. The zero-order valence-electron chi connectivity index (χ0n) is 6.68. The Labute approximate surface area is 65.8 Å². The molecule has 0 amide bonds. The van der Waals surface area contributed by atoms with Gasteiger partial charge in [0.2, 0.25) is 0 Å². The second-order valence-electron chi connectivity index (χ2n) is 2.88. The Morgan fingerprint density at radius 2 is 2.27 bits per heavy atom. The van der Waals surface area contributed by atoms with Crippen molar-refractivity contribution >= 4 is 5.82 Å². The SMILES string of the molecule is Cc1ccc2c(n1)NNC2C. The Hall–Kier alpha value is -1.09. The molecule has 0 saturated heterocycles. The molecule has 2 heterocycles. The van der Waals surface area contributed by atoms with Gasteiger partial charge in [-0.05, 0) is 19.9 Å². The van der Waals surface area contributed by atoms with E-state index in [1.54, 1.807) is 0 Å². The van der Waals surface area contributed by atoms with E-state index >= 15 is 0 Å². The molecule has 0 spiro atoms. The summed E-state index contributed by atoms with van der Waals surface area (Å²) in [5.74, 6) is 0.970. The minimum atomic E-state index is 0.373. The molecule has 1 aliphatic heterocycles. The number of anilines is 1. The van der Waals surface area contributed by atoms with Crippen LogP contribution in [0.2, 0.25) is 0 Å². The number of nitrogens with one attached hydrogen (secondary N) is 2. The van der Waals surface area contributed by atoms with Gasteiger partial charge in [0.15, 0.2) is 0 Å². The van der Waals surface area contributed by atoms with Gasteiger partial charge in [0.1, 0.15) is 5.82 Å². The summed E-state index contributed by atoms with van der Waals surface area (Å²) in [7, 11) is 0. The first-order valence-corrected chi connectivity index (χ1v) is 3.76. The van der Waals surface area contributed by atoms with Crippen molar-refractivity contribution in [1.82, 2.24) is 10.4 Å². The average molecular weight is 149 g/mol. The van der Waals surface area contributed by atoms with E-state index < -0.39 is 0 Å². The fourth-order valence-corrected chi connectivity index (χ4v) is 1.27. The summed E-state index contributed by atoms with van der Waals surface area (Å²) < 4.78 is 0. The van der Waals surface area contributed by atoms with Crippen LogP contribution in [0.1, 0.15) is 24.2 Å². The Kier molecular flexibility index (Phi) is 1.32. The highest BCUT2D eigenvalue weighted by molar-refractivity contribution is 5.49. The van der Waals surface area contributed by atoms with Gasteiger partial charge in [0.05, 0.1) is 6.04 Å². The topological polar surface area (TPSA) is 37.0 Å². The molecule has 1 aliphatic rings. The van der Waals surface area contributed by atoms with Crippen molar-refractivity contribution in [2.24, 2.45) is 0 Å². The summed E-state index contributed by atoms with van der Waals surface area (Å²) in [5.41, 5.74) is 8.42. The van der Waals surface area contributed by atoms with Crippen molar-refractivity contribution in [1.29, 1.82) is 0 Å². The van der Waals surface area contributed by atoms with Gasteiger partial charge in [-0.1, -0.05) is 6.07 Å². The summed E-state index contributed by atoms with van der Waals surface area (Å²) in [6, 6.07) is 4.51. The standard InChI is InChI=1S/C8H11N3/c1-5-3-4-7-6(2)10-11-8(7)9-5/h3-4,6,10H,1-2H3,(H,9,11). The third kappa shape index (κ3) is 0.973. The minimum Gasteiger partial charge on any atom is -0.305 e. The lowest BCUT2D eigenvalue weighted by Crippen LogP contribution is -2.15. The molecule has 0 radical (unpaired) electrons. The molecular weight excluding hydrogens is 138 g/mol. The second-order valence-corrected chi connectivity index (χ2v) is 2.88. The lowest BCUT2D eigenvalue weighted by Gasteiger charge is -1.99. The maximum absolute atomic E-state index is 4.33. The normalized spacial score (nSPS) is 21.1. The van der Waals surface area contributed by atoms with Gasteiger partial charge in [0, 0.05) is 11.3 Å². The molecule has 2 rings (SSSR count). The summed E-state index contributed by atoms with van der Waals surface area (Å²) >= 11 is 0. The number of rotatable bonds is 0. The molecule has 0 aromatic carbocycles. The number of aryl methyl sites for hydroxylation is 1. The molecule has 58 valence electrons. The number of hydrogen-bond donors (Lipinski definition) is 2. The number of hydrogen-bond acceptors (Lipinski definition) is 3. The third-order valence-corrected chi connectivity index (χ3v) is 1.94. The lowest BCUT2D eigenvalue weighted by atomic mass is 10.1. The van der Waals surface area contributed by atoms with Crippen LogP contribution in [0, 0.1) is 6.92 Å². The molecule has 3 heteroatoms. The van der Waals surface area contributed by atoms with Gasteiger partial charge >= 0.3 is 0 Å². The van der Waals surface area contributed by atoms with Crippen LogP contribution in [0.5, 0.6) is 0 Å². The van der Waals surface area contributed by atoms with E-state index in [0.717, 1.165) is 11.5 Å². The molecule has 2 N–H and O–H groups in total. The molecule has 1 aromatic rings. The van der Waals surface area contributed by atoms with Crippen molar-refractivity contribution in [3.05, 3.63) is 23.4 Å². The van der Waals surface area contributed by atoms with E-state index in [1.165, 1.54) is 5.56 Å². The molecule has 1 atom stereocenters. The van der Waals surface area contributed by atoms with Crippen LogP contribution in [0.4, 0.5) is 5.82 Å². The highest BCUT2D eigenvalue weighted by atomic mass is 15.4.